The summed E-state index contributed by atoms with van der Waals surface area (Å²) in [7, 11) is 0. The zero-order valence-corrected chi connectivity index (χ0v) is 13.5. The van der Waals surface area contributed by atoms with Crippen molar-refractivity contribution in [3.05, 3.63) is 51.2 Å². The Morgan fingerprint density at radius 1 is 1.14 bits per heavy atom. The minimum atomic E-state index is -0.0934. The van der Waals surface area contributed by atoms with Gasteiger partial charge in [0.1, 0.15) is 5.75 Å². The van der Waals surface area contributed by atoms with Gasteiger partial charge in [-0.1, -0.05) is 25.1 Å². The highest BCUT2D eigenvalue weighted by atomic mass is 32.1. The number of amides is 1. The summed E-state index contributed by atoms with van der Waals surface area (Å²) in [5.74, 6) is 0.709. The molecule has 0 radical (unpaired) electrons. The summed E-state index contributed by atoms with van der Waals surface area (Å²) in [5.41, 5.74) is 2.10. The van der Waals surface area contributed by atoms with Gasteiger partial charge in [-0.05, 0) is 43.5 Å². The maximum atomic E-state index is 11.9. The van der Waals surface area contributed by atoms with Crippen LogP contribution in [-0.2, 0) is 17.8 Å². The molecule has 0 aliphatic rings. The topological polar surface area (TPSA) is 38.3 Å². The Morgan fingerprint density at radius 2 is 1.81 bits per heavy atom. The lowest BCUT2D eigenvalue weighted by molar-refractivity contribution is -0.123. The summed E-state index contributed by atoms with van der Waals surface area (Å²) < 4.78 is 5.64. The van der Waals surface area contributed by atoms with Crippen LogP contribution in [0.3, 0.4) is 0 Å². The predicted molar refractivity (Wildman–Crippen MR) is 87.0 cm³/mol. The van der Waals surface area contributed by atoms with E-state index in [0.29, 0.717) is 6.54 Å². The Morgan fingerprint density at radius 3 is 2.43 bits per heavy atom. The lowest BCUT2D eigenvalue weighted by atomic mass is 10.1. The molecule has 0 saturated carbocycles. The van der Waals surface area contributed by atoms with E-state index < -0.39 is 0 Å². The van der Waals surface area contributed by atoms with Crippen LogP contribution in [0.25, 0.3) is 0 Å². The molecule has 0 spiro atoms. The van der Waals surface area contributed by atoms with Crippen LogP contribution in [0.5, 0.6) is 5.75 Å². The normalized spacial score (nSPS) is 10.4. The molecule has 1 N–H and O–H groups in total. The lowest BCUT2D eigenvalue weighted by Crippen LogP contribution is -2.28. The first-order valence-electron chi connectivity index (χ1n) is 7.13. The Hall–Kier alpha value is -1.81. The van der Waals surface area contributed by atoms with E-state index in [1.54, 1.807) is 11.3 Å². The maximum Gasteiger partial charge on any atom is 0.258 e. The van der Waals surface area contributed by atoms with Crippen LogP contribution in [0.4, 0.5) is 0 Å². The summed E-state index contributed by atoms with van der Waals surface area (Å²) in [4.78, 5) is 14.4. The second-order valence-corrected chi connectivity index (χ2v) is 6.26. The third-order valence-electron chi connectivity index (χ3n) is 3.28. The predicted octanol–water partition coefficient (Wildman–Crippen LogP) is 3.62. The van der Waals surface area contributed by atoms with Gasteiger partial charge in [0.2, 0.25) is 0 Å². The van der Waals surface area contributed by atoms with E-state index in [1.807, 2.05) is 32.0 Å². The molecule has 112 valence electrons. The number of aryl methyl sites for hydroxylation is 3. The maximum absolute atomic E-state index is 11.9. The number of nitrogens with one attached hydrogen (secondary N) is 1. The Kier molecular flexibility index (Phi) is 5.39. The number of hydrogen-bond acceptors (Lipinski definition) is 3. The Labute approximate surface area is 130 Å². The van der Waals surface area contributed by atoms with Gasteiger partial charge in [-0.3, -0.25) is 4.79 Å². The highest BCUT2D eigenvalue weighted by molar-refractivity contribution is 7.11. The van der Waals surface area contributed by atoms with Gasteiger partial charge in [-0.2, -0.15) is 0 Å². The summed E-state index contributed by atoms with van der Waals surface area (Å²) in [6, 6.07) is 10.1. The van der Waals surface area contributed by atoms with E-state index in [1.165, 1.54) is 9.75 Å². The molecule has 0 saturated heterocycles. The van der Waals surface area contributed by atoms with E-state index in [4.69, 9.17) is 4.74 Å². The van der Waals surface area contributed by atoms with Crippen LogP contribution in [0, 0.1) is 13.8 Å². The lowest BCUT2D eigenvalue weighted by Gasteiger charge is -2.11. The molecule has 2 rings (SSSR count). The van der Waals surface area contributed by atoms with Crippen molar-refractivity contribution in [2.45, 2.75) is 33.7 Å². The van der Waals surface area contributed by atoms with Gasteiger partial charge < -0.3 is 10.1 Å². The van der Waals surface area contributed by atoms with Crippen molar-refractivity contribution in [1.82, 2.24) is 5.32 Å². The molecule has 0 atom stereocenters. The zero-order valence-electron chi connectivity index (χ0n) is 12.7. The fraction of sp³-hybridized carbons (Fsp3) is 0.353. The average Bonchev–Trinajstić information content (AvgIpc) is 2.92. The molecule has 4 heteroatoms. The standard InChI is InChI=1S/C17H21NO2S/c1-4-14-8-9-15(21-14)10-18-16(19)11-20-17-12(2)6-5-7-13(17)3/h5-9H,4,10-11H2,1-3H3,(H,18,19). The molecule has 0 bridgehead atoms. The van der Waals surface area contributed by atoms with Crippen LogP contribution < -0.4 is 10.1 Å². The first-order chi connectivity index (χ1) is 10.1. The summed E-state index contributed by atoms with van der Waals surface area (Å²) >= 11 is 1.74. The highest BCUT2D eigenvalue weighted by Crippen LogP contribution is 2.22. The Bertz CT molecular complexity index is 599. The van der Waals surface area contributed by atoms with Crippen molar-refractivity contribution in [1.29, 1.82) is 0 Å². The van der Waals surface area contributed by atoms with Gasteiger partial charge in [0.05, 0.1) is 6.54 Å². The van der Waals surface area contributed by atoms with Crippen molar-refractivity contribution >= 4 is 17.2 Å². The monoisotopic (exact) mass is 303 g/mol. The van der Waals surface area contributed by atoms with Crippen molar-refractivity contribution in [2.24, 2.45) is 0 Å². The van der Waals surface area contributed by atoms with Crippen molar-refractivity contribution in [2.75, 3.05) is 6.61 Å². The number of carbonyl (C=O) groups is 1. The van der Waals surface area contributed by atoms with E-state index >= 15 is 0 Å². The molecule has 0 fully saturated rings. The minimum Gasteiger partial charge on any atom is -0.483 e. The quantitative estimate of drug-likeness (QED) is 0.885. The number of thiophene rings is 1. The molecule has 0 unspecified atom stereocenters. The van der Waals surface area contributed by atoms with Crippen LogP contribution in [-0.4, -0.2) is 12.5 Å². The van der Waals surface area contributed by atoms with E-state index in [-0.39, 0.29) is 12.5 Å². The SMILES string of the molecule is CCc1ccc(CNC(=O)COc2c(C)cccc2C)s1. The molecule has 3 nitrogen and oxygen atoms in total. The fourth-order valence-corrected chi connectivity index (χ4v) is 3.01. The molecule has 1 heterocycles. The number of para-hydroxylation sites is 1. The molecular weight excluding hydrogens is 282 g/mol. The number of ether oxygens (including phenoxy) is 1. The molecule has 0 aliphatic carbocycles. The van der Waals surface area contributed by atoms with Crippen molar-refractivity contribution in [3.63, 3.8) is 0 Å². The third-order valence-corrected chi connectivity index (χ3v) is 4.51. The first kappa shape index (κ1) is 15.6. The summed E-state index contributed by atoms with van der Waals surface area (Å²) in [6.45, 7) is 6.72. The van der Waals surface area contributed by atoms with Crippen LogP contribution in [0.15, 0.2) is 30.3 Å². The summed E-state index contributed by atoms with van der Waals surface area (Å²) in [6.07, 6.45) is 1.04. The first-order valence-corrected chi connectivity index (χ1v) is 7.95. The van der Waals surface area contributed by atoms with Gasteiger partial charge in [-0.15, -0.1) is 11.3 Å². The number of carbonyl (C=O) groups excluding carboxylic acids is 1. The largest absolute Gasteiger partial charge is 0.483 e. The van der Waals surface area contributed by atoms with E-state index in [9.17, 15) is 4.79 Å². The summed E-state index contributed by atoms with van der Waals surface area (Å²) in [5, 5.41) is 2.89. The molecule has 21 heavy (non-hydrogen) atoms. The van der Waals surface area contributed by atoms with Gasteiger partial charge >= 0.3 is 0 Å². The molecular formula is C17H21NO2S. The van der Waals surface area contributed by atoms with Gasteiger partial charge in [0, 0.05) is 9.75 Å². The van der Waals surface area contributed by atoms with Crippen molar-refractivity contribution in [3.8, 4) is 5.75 Å². The van der Waals surface area contributed by atoms with Gasteiger partial charge in [0.25, 0.3) is 5.91 Å². The average molecular weight is 303 g/mol. The number of benzene rings is 1. The van der Waals surface area contributed by atoms with Crippen molar-refractivity contribution < 1.29 is 9.53 Å². The molecule has 0 aliphatic heterocycles. The highest BCUT2D eigenvalue weighted by Gasteiger charge is 2.07. The van der Waals surface area contributed by atoms with Crippen LogP contribution in [0.1, 0.15) is 27.8 Å². The minimum absolute atomic E-state index is 0.0533. The number of rotatable bonds is 6. The van der Waals surface area contributed by atoms with E-state index in [0.717, 1.165) is 23.3 Å². The zero-order chi connectivity index (χ0) is 15.2. The van der Waals surface area contributed by atoms with Crippen LogP contribution in [0.2, 0.25) is 0 Å². The smallest absolute Gasteiger partial charge is 0.258 e. The Balaban J connectivity index is 1.82. The molecule has 1 aromatic carbocycles. The van der Waals surface area contributed by atoms with Gasteiger partial charge in [0.15, 0.2) is 6.61 Å². The fourth-order valence-electron chi connectivity index (χ4n) is 2.11. The number of hydrogen-bond donors (Lipinski definition) is 1. The molecule has 1 amide bonds. The van der Waals surface area contributed by atoms with Crippen LogP contribution >= 0.6 is 11.3 Å². The molecule has 2 aromatic rings. The third kappa shape index (κ3) is 4.33. The second-order valence-electron chi connectivity index (χ2n) is 5.01. The molecule has 1 aromatic heterocycles. The second kappa shape index (κ2) is 7.27. The van der Waals surface area contributed by atoms with E-state index in [2.05, 4.69) is 24.4 Å². The van der Waals surface area contributed by atoms with Gasteiger partial charge in [-0.25, -0.2) is 0 Å².